The summed E-state index contributed by atoms with van der Waals surface area (Å²) in [5.41, 5.74) is 8.72. The van der Waals surface area contributed by atoms with Gasteiger partial charge in [0, 0.05) is 25.8 Å². The van der Waals surface area contributed by atoms with E-state index in [1.165, 1.54) is 0 Å². The molecule has 3 rings (SSSR count). The summed E-state index contributed by atoms with van der Waals surface area (Å²) >= 11 is 0. The topological polar surface area (TPSA) is 73.3 Å². The van der Waals surface area contributed by atoms with Gasteiger partial charge in [0.1, 0.15) is 12.4 Å². The van der Waals surface area contributed by atoms with Crippen LogP contribution in [-0.4, -0.2) is 27.9 Å². The molecule has 0 unspecified atom stereocenters. The van der Waals surface area contributed by atoms with E-state index in [1.807, 2.05) is 12.1 Å². The van der Waals surface area contributed by atoms with Gasteiger partial charge in [-0.05, 0) is 30.5 Å². The molecule has 0 aliphatic carbocycles. The van der Waals surface area contributed by atoms with Crippen molar-refractivity contribution in [3.63, 3.8) is 0 Å². The summed E-state index contributed by atoms with van der Waals surface area (Å²) in [4.78, 5) is 4.53. The van der Waals surface area contributed by atoms with Crippen LogP contribution in [0.1, 0.15) is 30.3 Å². The zero-order chi connectivity index (χ0) is 13.2. The van der Waals surface area contributed by atoms with E-state index in [1.54, 1.807) is 0 Å². The number of aliphatic hydroxyl groups excluding tert-OH is 1. The van der Waals surface area contributed by atoms with Crippen LogP contribution in [0.15, 0.2) is 18.2 Å². The molecule has 0 radical (unpaired) electrons. The Labute approximate surface area is 112 Å². The van der Waals surface area contributed by atoms with E-state index >= 15 is 0 Å². The molecule has 1 aromatic heterocycles. The summed E-state index contributed by atoms with van der Waals surface area (Å²) in [6.07, 6.45) is 1.94. The molecular weight excluding hydrogens is 242 g/mol. The Bertz CT molecular complexity index is 573. The molecule has 5 nitrogen and oxygen atoms in total. The number of aromatic nitrogens is 2. The van der Waals surface area contributed by atoms with Crippen molar-refractivity contribution < 1.29 is 9.84 Å². The highest BCUT2D eigenvalue weighted by molar-refractivity contribution is 5.77. The average molecular weight is 261 g/mol. The normalized spacial score (nSPS) is 17.2. The predicted molar refractivity (Wildman–Crippen MR) is 72.6 cm³/mol. The molecule has 1 aliphatic heterocycles. The molecule has 19 heavy (non-hydrogen) atoms. The van der Waals surface area contributed by atoms with E-state index in [0.29, 0.717) is 12.6 Å². The van der Waals surface area contributed by atoms with Crippen LogP contribution >= 0.6 is 0 Å². The highest BCUT2D eigenvalue weighted by Gasteiger charge is 2.21. The van der Waals surface area contributed by atoms with Gasteiger partial charge in [0.15, 0.2) is 0 Å². The molecule has 0 saturated carbocycles. The number of hydrogen-bond acceptors (Lipinski definition) is 4. The Kier molecular flexibility index (Phi) is 3.50. The number of rotatable bonds is 3. The van der Waals surface area contributed by atoms with Crippen LogP contribution in [0.4, 0.5) is 0 Å². The smallest absolute Gasteiger partial charge is 0.135 e. The van der Waals surface area contributed by atoms with Crippen molar-refractivity contribution in [2.24, 2.45) is 5.73 Å². The van der Waals surface area contributed by atoms with Gasteiger partial charge in [0.2, 0.25) is 0 Å². The van der Waals surface area contributed by atoms with E-state index in [0.717, 1.165) is 48.5 Å². The molecule has 2 heterocycles. The summed E-state index contributed by atoms with van der Waals surface area (Å²) < 4.78 is 7.57. The maximum atomic E-state index is 9.54. The molecule has 0 atom stereocenters. The number of fused-ring (bicyclic) bond motifs is 1. The van der Waals surface area contributed by atoms with Crippen molar-refractivity contribution >= 4 is 11.0 Å². The molecule has 102 valence electrons. The Morgan fingerprint density at radius 2 is 2.16 bits per heavy atom. The Hall–Kier alpha value is -1.43. The van der Waals surface area contributed by atoms with Gasteiger partial charge in [-0.3, -0.25) is 0 Å². The van der Waals surface area contributed by atoms with E-state index in [9.17, 15) is 5.11 Å². The van der Waals surface area contributed by atoms with Crippen molar-refractivity contribution in [2.75, 3.05) is 13.2 Å². The monoisotopic (exact) mass is 261 g/mol. The van der Waals surface area contributed by atoms with Crippen LogP contribution in [0.3, 0.4) is 0 Å². The minimum atomic E-state index is -0.0377. The third-order valence-corrected chi connectivity index (χ3v) is 3.76. The fourth-order valence-electron chi connectivity index (χ4n) is 2.78. The van der Waals surface area contributed by atoms with Crippen molar-refractivity contribution in [2.45, 2.75) is 32.0 Å². The first-order valence-corrected chi connectivity index (χ1v) is 6.72. The fraction of sp³-hybridized carbons (Fsp3) is 0.500. The number of ether oxygens (including phenoxy) is 1. The zero-order valence-corrected chi connectivity index (χ0v) is 10.9. The average Bonchev–Trinajstić information content (AvgIpc) is 2.85. The minimum absolute atomic E-state index is 0.0377. The highest BCUT2D eigenvalue weighted by atomic mass is 16.5. The number of nitrogens with zero attached hydrogens (tertiary/aromatic N) is 2. The molecule has 0 spiro atoms. The lowest BCUT2D eigenvalue weighted by atomic mass is 10.1. The molecular formula is C14H19N3O2. The number of hydrogen-bond donors (Lipinski definition) is 2. The molecule has 3 N–H and O–H groups in total. The van der Waals surface area contributed by atoms with Gasteiger partial charge >= 0.3 is 0 Å². The maximum absolute atomic E-state index is 9.54. The Balaban J connectivity index is 2.09. The van der Waals surface area contributed by atoms with Gasteiger partial charge in [-0.15, -0.1) is 0 Å². The molecule has 1 saturated heterocycles. The zero-order valence-electron chi connectivity index (χ0n) is 10.9. The number of imidazole rings is 1. The molecule has 0 bridgehead atoms. The second-order valence-electron chi connectivity index (χ2n) is 4.93. The van der Waals surface area contributed by atoms with Crippen molar-refractivity contribution in [1.29, 1.82) is 0 Å². The molecule has 1 aromatic carbocycles. The van der Waals surface area contributed by atoms with Crippen molar-refractivity contribution in [3.05, 3.63) is 29.6 Å². The minimum Gasteiger partial charge on any atom is -0.388 e. The van der Waals surface area contributed by atoms with Gasteiger partial charge in [-0.25, -0.2) is 4.98 Å². The van der Waals surface area contributed by atoms with Crippen LogP contribution in [-0.2, 0) is 17.9 Å². The van der Waals surface area contributed by atoms with E-state index in [-0.39, 0.29) is 6.61 Å². The van der Waals surface area contributed by atoms with E-state index in [4.69, 9.17) is 10.5 Å². The predicted octanol–water partition coefficient (Wildman–Crippen LogP) is 1.34. The quantitative estimate of drug-likeness (QED) is 0.874. The lowest BCUT2D eigenvalue weighted by Crippen LogP contribution is -2.21. The Morgan fingerprint density at radius 1 is 1.37 bits per heavy atom. The molecule has 5 heteroatoms. The number of aliphatic hydroxyl groups is 1. The first-order chi connectivity index (χ1) is 9.33. The summed E-state index contributed by atoms with van der Waals surface area (Å²) in [6, 6.07) is 6.45. The SMILES string of the molecule is NCc1ccc2c(c1)nc(CO)n2C1CCOCC1. The van der Waals surface area contributed by atoms with Crippen LogP contribution in [0, 0.1) is 0 Å². The van der Waals surface area contributed by atoms with Gasteiger partial charge in [0.25, 0.3) is 0 Å². The Morgan fingerprint density at radius 3 is 2.84 bits per heavy atom. The second-order valence-corrected chi connectivity index (χ2v) is 4.93. The summed E-state index contributed by atoms with van der Waals surface area (Å²) in [5.74, 6) is 0.732. The third kappa shape index (κ3) is 2.25. The first kappa shape index (κ1) is 12.6. The standard InChI is InChI=1S/C14H19N3O2/c15-8-10-1-2-13-12(7-10)16-14(9-18)17(13)11-3-5-19-6-4-11/h1-2,7,11,18H,3-6,8-9,15H2. The van der Waals surface area contributed by atoms with E-state index < -0.39 is 0 Å². The lowest BCUT2D eigenvalue weighted by Gasteiger charge is -2.25. The molecule has 2 aromatic rings. The summed E-state index contributed by atoms with van der Waals surface area (Å²) in [6.45, 7) is 2.02. The van der Waals surface area contributed by atoms with E-state index in [2.05, 4.69) is 15.6 Å². The molecule has 0 amide bonds. The summed E-state index contributed by atoms with van der Waals surface area (Å²) in [7, 11) is 0. The largest absolute Gasteiger partial charge is 0.388 e. The van der Waals surface area contributed by atoms with Crippen molar-refractivity contribution in [3.8, 4) is 0 Å². The lowest BCUT2D eigenvalue weighted by molar-refractivity contribution is 0.0687. The highest BCUT2D eigenvalue weighted by Crippen LogP contribution is 2.28. The van der Waals surface area contributed by atoms with Crippen LogP contribution < -0.4 is 5.73 Å². The maximum Gasteiger partial charge on any atom is 0.135 e. The summed E-state index contributed by atoms with van der Waals surface area (Å²) in [5, 5.41) is 9.54. The van der Waals surface area contributed by atoms with Gasteiger partial charge in [0.05, 0.1) is 11.0 Å². The second kappa shape index (κ2) is 5.28. The van der Waals surface area contributed by atoms with Gasteiger partial charge < -0.3 is 20.1 Å². The first-order valence-electron chi connectivity index (χ1n) is 6.72. The molecule has 1 aliphatic rings. The fourth-order valence-corrected chi connectivity index (χ4v) is 2.78. The van der Waals surface area contributed by atoms with Crippen molar-refractivity contribution in [1.82, 2.24) is 9.55 Å². The van der Waals surface area contributed by atoms with Gasteiger partial charge in [-0.2, -0.15) is 0 Å². The van der Waals surface area contributed by atoms with Crippen LogP contribution in [0.5, 0.6) is 0 Å². The number of benzene rings is 1. The van der Waals surface area contributed by atoms with Crippen LogP contribution in [0.25, 0.3) is 11.0 Å². The third-order valence-electron chi connectivity index (χ3n) is 3.76. The number of nitrogens with two attached hydrogens (primary N) is 1. The molecule has 1 fully saturated rings. The van der Waals surface area contributed by atoms with Crippen LogP contribution in [0.2, 0.25) is 0 Å². The van der Waals surface area contributed by atoms with Gasteiger partial charge in [-0.1, -0.05) is 6.07 Å².